The largest absolute Gasteiger partial charge is 0.494 e. The molecule has 1 aliphatic rings. The number of benzene rings is 2. The van der Waals surface area contributed by atoms with Gasteiger partial charge in [-0.05, 0) is 50.2 Å². The number of hydrogen-bond acceptors (Lipinski definition) is 6. The predicted octanol–water partition coefficient (Wildman–Crippen LogP) is 3.61. The van der Waals surface area contributed by atoms with Gasteiger partial charge in [-0.1, -0.05) is 17.6 Å². The second-order valence-corrected chi connectivity index (χ2v) is 7.18. The number of carbonyl (C=O) groups excluding carboxylic acids is 1. The second-order valence-electron chi connectivity index (χ2n) is 7.18. The molecule has 0 spiro atoms. The fourth-order valence-electron chi connectivity index (χ4n) is 3.52. The van der Waals surface area contributed by atoms with Crippen LogP contribution in [0.1, 0.15) is 18.4 Å². The lowest BCUT2D eigenvalue weighted by Gasteiger charge is -2.16. The number of rotatable bonds is 5. The molecule has 1 aromatic heterocycles. The molecule has 7 nitrogen and oxygen atoms in total. The first-order valence-electron chi connectivity index (χ1n) is 10.0. The molecule has 7 heteroatoms. The molecule has 156 valence electrons. The standard InChI is InChI=1S/C24H23N5O2/c1-3-16-5-4-6-18(11-16)28-24-19-13-21(22(31-2)14-20(19)26-15-27-24)29-23(30)12-17-7-9-25-10-8-17/h1,4-6,11-15,25H,7-10H2,2H3,(H,29,30)(H,26,27,28). The van der Waals surface area contributed by atoms with Crippen molar-refractivity contribution in [3.63, 3.8) is 0 Å². The summed E-state index contributed by atoms with van der Waals surface area (Å²) >= 11 is 0. The zero-order valence-corrected chi connectivity index (χ0v) is 17.2. The Morgan fingerprint density at radius 1 is 1.23 bits per heavy atom. The van der Waals surface area contributed by atoms with Gasteiger partial charge in [0, 0.05) is 28.8 Å². The number of hydrogen-bond donors (Lipinski definition) is 3. The van der Waals surface area contributed by atoms with E-state index in [0.29, 0.717) is 22.8 Å². The van der Waals surface area contributed by atoms with Crippen molar-refractivity contribution in [3.8, 4) is 18.1 Å². The molecule has 2 aromatic carbocycles. The highest BCUT2D eigenvalue weighted by atomic mass is 16.5. The van der Waals surface area contributed by atoms with Crippen LogP contribution in [0.3, 0.4) is 0 Å². The summed E-state index contributed by atoms with van der Waals surface area (Å²) in [5.74, 6) is 3.58. The summed E-state index contributed by atoms with van der Waals surface area (Å²) in [5.41, 5.74) is 3.96. The summed E-state index contributed by atoms with van der Waals surface area (Å²) in [6.45, 7) is 1.79. The van der Waals surface area contributed by atoms with Crippen molar-refractivity contribution >= 4 is 34.0 Å². The van der Waals surface area contributed by atoms with Crippen molar-refractivity contribution in [1.29, 1.82) is 0 Å². The smallest absolute Gasteiger partial charge is 0.248 e. The summed E-state index contributed by atoms with van der Waals surface area (Å²) in [5, 5.41) is 10.3. The minimum Gasteiger partial charge on any atom is -0.494 e. The van der Waals surface area contributed by atoms with Crippen molar-refractivity contribution in [2.75, 3.05) is 30.8 Å². The van der Waals surface area contributed by atoms with Crippen molar-refractivity contribution in [3.05, 3.63) is 59.9 Å². The molecular formula is C24H23N5O2. The van der Waals surface area contributed by atoms with Gasteiger partial charge in [0.2, 0.25) is 5.91 Å². The van der Waals surface area contributed by atoms with E-state index in [-0.39, 0.29) is 5.91 Å². The number of aromatic nitrogens is 2. The number of carbonyl (C=O) groups is 1. The van der Waals surface area contributed by atoms with Gasteiger partial charge < -0.3 is 20.7 Å². The van der Waals surface area contributed by atoms with Gasteiger partial charge in [-0.3, -0.25) is 4.79 Å². The van der Waals surface area contributed by atoms with Gasteiger partial charge in [0.15, 0.2) is 0 Å². The topological polar surface area (TPSA) is 88.2 Å². The first kappa shape index (κ1) is 20.4. The number of anilines is 3. The number of terminal acetylenes is 1. The van der Waals surface area contributed by atoms with Crippen LogP contribution in [-0.4, -0.2) is 36.1 Å². The lowest BCUT2D eigenvalue weighted by Crippen LogP contribution is -2.24. The molecule has 2 heterocycles. The Balaban J connectivity index is 1.66. The fourth-order valence-corrected chi connectivity index (χ4v) is 3.52. The molecular weight excluding hydrogens is 390 g/mol. The molecule has 31 heavy (non-hydrogen) atoms. The Morgan fingerprint density at radius 2 is 2.06 bits per heavy atom. The van der Waals surface area contributed by atoms with Crippen molar-refractivity contribution < 1.29 is 9.53 Å². The third kappa shape index (κ3) is 4.82. The maximum absolute atomic E-state index is 12.6. The third-order valence-corrected chi connectivity index (χ3v) is 5.09. The van der Waals surface area contributed by atoms with Gasteiger partial charge in [0.25, 0.3) is 0 Å². The Labute approximate surface area is 180 Å². The average molecular weight is 413 g/mol. The minimum atomic E-state index is -0.178. The van der Waals surface area contributed by atoms with E-state index < -0.39 is 0 Å². The van der Waals surface area contributed by atoms with E-state index in [4.69, 9.17) is 11.2 Å². The molecule has 0 bridgehead atoms. The minimum absolute atomic E-state index is 0.178. The molecule has 1 fully saturated rings. The SMILES string of the molecule is C#Cc1cccc(Nc2ncnc3cc(OC)c(NC(=O)C=C4CCNCC4)cc23)c1. The average Bonchev–Trinajstić information content (AvgIpc) is 2.80. The molecule has 1 aliphatic heterocycles. The number of nitrogens with one attached hydrogen (secondary N) is 3. The zero-order valence-electron chi connectivity index (χ0n) is 17.2. The molecule has 3 N–H and O–H groups in total. The van der Waals surface area contributed by atoms with E-state index in [1.807, 2.05) is 30.3 Å². The Morgan fingerprint density at radius 3 is 2.84 bits per heavy atom. The van der Waals surface area contributed by atoms with Crippen LogP contribution in [0.4, 0.5) is 17.2 Å². The van der Waals surface area contributed by atoms with E-state index in [9.17, 15) is 4.79 Å². The van der Waals surface area contributed by atoms with E-state index >= 15 is 0 Å². The van der Waals surface area contributed by atoms with Gasteiger partial charge in [0.1, 0.15) is 17.9 Å². The summed E-state index contributed by atoms with van der Waals surface area (Å²) in [6.07, 6.45) is 10.4. The van der Waals surface area contributed by atoms with Crippen molar-refractivity contribution in [2.24, 2.45) is 0 Å². The highest BCUT2D eigenvalue weighted by molar-refractivity contribution is 6.04. The lowest BCUT2D eigenvalue weighted by molar-refractivity contribution is -0.112. The number of piperidine rings is 1. The molecule has 0 radical (unpaired) electrons. The summed E-state index contributed by atoms with van der Waals surface area (Å²) in [7, 11) is 1.56. The lowest BCUT2D eigenvalue weighted by atomic mass is 10.1. The molecule has 0 aliphatic carbocycles. The molecule has 1 saturated heterocycles. The Kier molecular flexibility index (Phi) is 6.11. The Hall–Kier alpha value is -3.89. The normalized spacial score (nSPS) is 13.4. The first-order valence-corrected chi connectivity index (χ1v) is 10.0. The van der Waals surface area contributed by atoms with E-state index in [1.54, 1.807) is 19.3 Å². The zero-order chi connectivity index (χ0) is 21.6. The van der Waals surface area contributed by atoms with Crippen LogP contribution in [0.2, 0.25) is 0 Å². The maximum Gasteiger partial charge on any atom is 0.248 e. The van der Waals surface area contributed by atoms with Crippen LogP contribution in [-0.2, 0) is 4.79 Å². The van der Waals surface area contributed by atoms with Gasteiger partial charge in [0.05, 0.1) is 18.3 Å². The third-order valence-electron chi connectivity index (χ3n) is 5.09. The molecule has 1 amide bonds. The molecule has 0 atom stereocenters. The number of nitrogens with zero attached hydrogens (tertiary/aromatic N) is 2. The van der Waals surface area contributed by atoms with E-state index in [2.05, 4.69) is 31.8 Å². The van der Waals surface area contributed by atoms with Gasteiger partial charge in [-0.15, -0.1) is 6.42 Å². The predicted molar refractivity (Wildman–Crippen MR) is 123 cm³/mol. The second kappa shape index (κ2) is 9.28. The van der Waals surface area contributed by atoms with Crippen LogP contribution < -0.4 is 20.7 Å². The Bertz CT molecular complexity index is 1190. The maximum atomic E-state index is 12.6. The van der Waals surface area contributed by atoms with Crippen LogP contribution in [0, 0.1) is 12.3 Å². The van der Waals surface area contributed by atoms with Gasteiger partial charge in [-0.25, -0.2) is 9.97 Å². The number of methoxy groups -OCH3 is 1. The number of ether oxygens (including phenoxy) is 1. The fraction of sp³-hybridized carbons (Fsp3) is 0.208. The molecule has 0 unspecified atom stereocenters. The van der Waals surface area contributed by atoms with Crippen molar-refractivity contribution in [2.45, 2.75) is 12.8 Å². The number of amides is 1. The number of fused-ring (bicyclic) bond motifs is 1. The van der Waals surface area contributed by atoms with Crippen LogP contribution in [0.5, 0.6) is 5.75 Å². The highest BCUT2D eigenvalue weighted by Crippen LogP contribution is 2.33. The molecule has 0 saturated carbocycles. The van der Waals surface area contributed by atoms with E-state index in [0.717, 1.165) is 48.1 Å². The van der Waals surface area contributed by atoms with Crippen molar-refractivity contribution in [1.82, 2.24) is 15.3 Å². The highest BCUT2D eigenvalue weighted by Gasteiger charge is 2.13. The quantitative estimate of drug-likeness (QED) is 0.437. The van der Waals surface area contributed by atoms with Crippen LogP contribution in [0.25, 0.3) is 10.9 Å². The molecule has 4 rings (SSSR count). The van der Waals surface area contributed by atoms with Crippen LogP contribution in [0.15, 0.2) is 54.4 Å². The first-order chi connectivity index (χ1) is 15.2. The summed E-state index contributed by atoms with van der Waals surface area (Å²) in [6, 6.07) is 11.1. The summed E-state index contributed by atoms with van der Waals surface area (Å²) < 4.78 is 5.48. The van der Waals surface area contributed by atoms with E-state index in [1.165, 1.54) is 6.33 Å². The van der Waals surface area contributed by atoms with Crippen LogP contribution >= 0.6 is 0 Å². The molecule has 3 aromatic rings. The summed E-state index contributed by atoms with van der Waals surface area (Å²) in [4.78, 5) is 21.3. The monoisotopic (exact) mass is 413 g/mol. The van der Waals surface area contributed by atoms with Gasteiger partial charge in [-0.2, -0.15) is 0 Å². The van der Waals surface area contributed by atoms with Gasteiger partial charge >= 0.3 is 0 Å².